The van der Waals surface area contributed by atoms with E-state index in [4.69, 9.17) is 11.6 Å². The molecule has 3 amide bonds. The number of nitrogens with zero attached hydrogens (tertiary/aromatic N) is 3. The number of aryl methyl sites for hydroxylation is 1. The van der Waals surface area contributed by atoms with Gasteiger partial charge in [-0.25, -0.2) is 4.98 Å². The van der Waals surface area contributed by atoms with Crippen LogP contribution in [0.5, 0.6) is 0 Å². The van der Waals surface area contributed by atoms with E-state index in [0.29, 0.717) is 36.9 Å². The van der Waals surface area contributed by atoms with Crippen LogP contribution < -0.4 is 5.32 Å². The Hall–Kier alpha value is -2.93. The fourth-order valence-electron chi connectivity index (χ4n) is 2.74. The summed E-state index contributed by atoms with van der Waals surface area (Å²) in [6, 6.07) is 9.97. The molecule has 27 heavy (non-hydrogen) atoms. The number of piperazine rings is 1. The summed E-state index contributed by atoms with van der Waals surface area (Å²) in [5, 5.41) is 3.28. The normalized spacial score (nSPS) is 14.0. The number of anilines is 1. The molecule has 0 aliphatic carbocycles. The predicted octanol–water partition coefficient (Wildman–Crippen LogP) is 2.21. The van der Waals surface area contributed by atoms with Crippen LogP contribution in [0.2, 0.25) is 5.02 Å². The number of hydrogen-bond acceptors (Lipinski definition) is 4. The van der Waals surface area contributed by atoms with Crippen molar-refractivity contribution in [2.75, 3.05) is 31.5 Å². The van der Waals surface area contributed by atoms with Gasteiger partial charge in [0.15, 0.2) is 0 Å². The summed E-state index contributed by atoms with van der Waals surface area (Å²) in [6.45, 7) is 3.74. The molecule has 0 atom stereocenters. The highest BCUT2D eigenvalue weighted by Crippen LogP contribution is 2.20. The first-order valence-corrected chi connectivity index (χ1v) is 8.89. The molecule has 140 valence electrons. The first-order valence-electron chi connectivity index (χ1n) is 8.51. The average Bonchev–Trinajstić information content (AvgIpc) is 2.70. The maximum absolute atomic E-state index is 12.6. The van der Waals surface area contributed by atoms with E-state index in [1.807, 2.05) is 13.0 Å². The Labute approximate surface area is 161 Å². The Morgan fingerprint density at radius 2 is 1.81 bits per heavy atom. The van der Waals surface area contributed by atoms with Crippen LogP contribution in [0.15, 0.2) is 36.4 Å². The van der Waals surface area contributed by atoms with Crippen LogP contribution in [0.1, 0.15) is 26.5 Å². The second-order valence-corrected chi connectivity index (χ2v) is 6.67. The standard InChI is InChI=1S/C19H19ClN4O3/c1-13-5-6-14(11-15(13)20)21-18(26)16-3-2-4-17(22-16)19(27)24-9-7-23(12-25)8-10-24/h2-6,11-12H,7-10H2,1H3,(H,21,26). The molecule has 1 fully saturated rings. The average molecular weight is 387 g/mol. The lowest BCUT2D eigenvalue weighted by Gasteiger charge is -2.32. The SMILES string of the molecule is Cc1ccc(NC(=O)c2cccc(C(=O)N3CCN(C=O)CC3)n2)cc1Cl. The molecule has 8 heteroatoms. The minimum absolute atomic E-state index is 0.143. The Balaban J connectivity index is 1.71. The van der Waals surface area contributed by atoms with Gasteiger partial charge in [-0.1, -0.05) is 23.7 Å². The minimum Gasteiger partial charge on any atom is -0.342 e. The van der Waals surface area contributed by atoms with Crippen LogP contribution in [0.4, 0.5) is 5.69 Å². The molecule has 2 heterocycles. The molecule has 1 saturated heterocycles. The van der Waals surface area contributed by atoms with Crippen molar-refractivity contribution >= 4 is 35.5 Å². The summed E-state index contributed by atoms with van der Waals surface area (Å²) in [4.78, 5) is 43.3. The number of hydrogen-bond donors (Lipinski definition) is 1. The summed E-state index contributed by atoms with van der Waals surface area (Å²) in [5.74, 6) is -0.677. The van der Waals surface area contributed by atoms with E-state index in [1.54, 1.807) is 40.1 Å². The van der Waals surface area contributed by atoms with Gasteiger partial charge >= 0.3 is 0 Å². The van der Waals surface area contributed by atoms with E-state index in [0.717, 1.165) is 12.0 Å². The molecule has 0 saturated carbocycles. The Kier molecular flexibility index (Phi) is 5.71. The molecule has 1 aromatic carbocycles. The van der Waals surface area contributed by atoms with E-state index >= 15 is 0 Å². The zero-order valence-corrected chi connectivity index (χ0v) is 15.6. The summed E-state index contributed by atoms with van der Waals surface area (Å²) in [7, 11) is 0. The molecule has 0 spiro atoms. The number of amides is 3. The van der Waals surface area contributed by atoms with Crippen molar-refractivity contribution in [1.82, 2.24) is 14.8 Å². The third-order valence-electron chi connectivity index (χ3n) is 4.38. The highest BCUT2D eigenvalue weighted by Gasteiger charge is 2.23. The van der Waals surface area contributed by atoms with E-state index in [2.05, 4.69) is 10.3 Å². The lowest BCUT2D eigenvalue weighted by atomic mass is 10.2. The third-order valence-corrected chi connectivity index (χ3v) is 4.79. The molecule has 0 bridgehead atoms. The van der Waals surface area contributed by atoms with Crippen LogP contribution >= 0.6 is 11.6 Å². The molecule has 1 aliphatic heterocycles. The lowest BCUT2D eigenvalue weighted by Crippen LogP contribution is -2.48. The Morgan fingerprint density at radius 3 is 2.48 bits per heavy atom. The highest BCUT2D eigenvalue weighted by atomic mass is 35.5. The van der Waals surface area contributed by atoms with Gasteiger partial charge in [-0.3, -0.25) is 14.4 Å². The van der Waals surface area contributed by atoms with Gasteiger partial charge in [0, 0.05) is 36.9 Å². The van der Waals surface area contributed by atoms with E-state index in [1.165, 1.54) is 0 Å². The molecular weight excluding hydrogens is 368 g/mol. The van der Waals surface area contributed by atoms with Gasteiger partial charge in [0.05, 0.1) is 0 Å². The monoisotopic (exact) mass is 386 g/mol. The number of aromatic nitrogens is 1. The van der Waals surface area contributed by atoms with Gasteiger partial charge in [-0.2, -0.15) is 0 Å². The predicted molar refractivity (Wildman–Crippen MR) is 102 cm³/mol. The number of nitrogens with one attached hydrogen (secondary N) is 1. The molecule has 1 aliphatic rings. The van der Waals surface area contributed by atoms with Crippen LogP contribution in [0.3, 0.4) is 0 Å². The molecule has 7 nitrogen and oxygen atoms in total. The fourth-order valence-corrected chi connectivity index (χ4v) is 2.92. The first kappa shape index (κ1) is 18.8. The van der Waals surface area contributed by atoms with E-state index in [-0.39, 0.29) is 17.3 Å². The number of pyridine rings is 1. The number of benzene rings is 1. The Bertz CT molecular complexity index is 879. The van der Waals surface area contributed by atoms with Crippen LogP contribution in [0, 0.1) is 6.92 Å². The van der Waals surface area contributed by atoms with Crippen LogP contribution in [0.25, 0.3) is 0 Å². The zero-order chi connectivity index (χ0) is 19.4. The van der Waals surface area contributed by atoms with Gasteiger partial charge in [0.25, 0.3) is 11.8 Å². The number of carbonyl (C=O) groups excluding carboxylic acids is 3. The maximum Gasteiger partial charge on any atom is 0.274 e. The summed E-state index contributed by atoms with van der Waals surface area (Å²) >= 11 is 6.07. The smallest absolute Gasteiger partial charge is 0.274 e. The minimum atomic E-state index is -0.421. The summed E-state index contributed by atoms with van der Waals surface area (Å²) in [6.07, 6.45) is 0.780. The van der Waals surface area contributed by atoms with E-state index < -0.39 is 5.91 Å². The zero-order valence-electron chi connectivity index (χ0n) is 14.8. The van der Waals surface area contributed by atoms with Crippen molar-refractivity contribution in [2.24, 2.45) is 0 Å². The molecule has 2 aromatic rings. The van der Waals surface area contributed by atoms with Gasteiger partial charge in [0.1, 0.15) is 11.4 Å². The molecule has 3 rings (SSSR count). The van der Waals surface area contributed by atoms with Crippen molar-refractivity contribution in [2.45, 2.75) is 6.92 Å². The maximum atomic E-state index is 12.6. The molecule has 1 aromatic heterocycles. The van der Waals surface area contributed by atoms with Crippen molar-refractivity contribution in [3.63, 3.8) is 0 Å². The van der Waals surface area contributed by atoms with Gasteiger partial charge < -0.3 is 15.1 Å². The largest absolute Gasteiger partial charge is 0.342 e. The lowest BCUT2D eigenvalue weighted by molar-refractivity contribution is -0.119. The molecular formula is C19H19ClN4O3. The number of rotatable bonds is 4. The quantitative estimate of drug-likeness (QED) is 0.817. The van der Waals surface area contributed by atoms with Crippen molar-refractivity contribution < 1.29 is 14.4 Å². The van der Waals surface area contributed by atoms with E-state index in [9.17, 15) is 14.4 Å². The number of halogens is 1. The van der Waals surface area contributed by atoms with Crippen molar-refractivity contribution in [3.05, 3.63) is 58.4 Å². The first-order chi connectivity index (χ1) is 13.0. The fraction of sp³-hybridized carbons (Fsp3) is 0.263. The highest BCUT2D eigenvalue weighted by molar-refractivity contribution is 6.31. The molecule has 0 unspecified atom stereocenters. The van der Waals surface area contributed by atoms with Crippen LogP contribution in [-0.2, 0) is 4.79 Å². The van der Waals surface area contributed by atoms with Crippen molar-refractivity contribution in [1.29, 1.82) is 0 Å². The van der Waals surface area contributed by atoms with Crippen molar-refractivity contribution in [3.8, 4) is 0 Å². The third kappa shape index (κ3) is 4.43. The van der Waals surface area contributed by atoms with Gasteiger partial charge in [0.2, 0.25) is 6.41 Å². The second-order valence-electron chi connectivity index (χ2n) is 6.26. The molecule has 0 radical (unpaired) electrons. The van der Waals surface area contributed by atoms with Gasteiger partial charge in [-0.15, -0.1) is 0 Å². The van der Waals surface area contributed by atoms with Crippen LogP contribution in [-0.4, -0.2) is 59.2 Å². The molecule has 1 N–H and O–H groups in total. The topological polar surface area (TPSA) is 82.6 Å². The summed E-state index contributed by atoms with van der Waals surface area (Å²) < 4.78 is 0. The Morgan fingerprint density at radius 1 is 1.11 bits per heavy atom. The van der Waals surface area contributed by atoms with Gasteiger partial charge in [-0.05, 0) is 36.8 Å². The number of carbonyl (C=O) groups is 3. The summed E-state index contributed by atoms with van der Waals surface area (Å²) in [5.41, 5.74) is 1.81. The second kappa shape index (κ2) is 8.18.